The standard InChI is InChI=1S/C22H21ClN2O4S/c1-3-13-25(21-12-5-4-11-20(21)23)30(27,28)19-10-6-8-17(15-19)22(26)24(2)16-18-9-7-14-29-18/h3-12,14-15H,1,13,16H2,2H3. The fourth-order valence-electron chi connectivity index (χ4n) is 2.94. The topological polar surface area (TPSA) is 70.8 Å². The monoisotopic (exact) mass is 444 g/mol. The van der Waals surface area contributed by atoms with Crippen LogP contribution in [0.5, 0.6) is 0 Å². The molecule has 0 fully saturated rings. The van der Waals surface area contributed by atoms with Crippen molar-refractivity contribution in [3.05, 3.63) is 95.9 Å². The van der Waals surface area contributed by atoms with Crippen LogP contribution in [-0.4, -0.2) is 32.8 Å². The second kappa shape index (κ2) is 9.19. The molecule has 0 aliphatic rings. The summed E-state index contributed by atoms with van der Waals surface area (Å²) in [6.45, 7) is 3.95. The number of carbonyl (C=O) groups excluding carboxylic acids is 1. The van der Waals surface area contributed by atoms with Gasteiger partial charge in [-0.1, -0.05) is 35.9 Å². The van der Waals surface area contributed by atoms with Gasteiger partial charge in [0.05, 0.1) is 35.0 Å². The Morgan fingerprint density at radius 3 is 2.57 bits per heavy atom. The van der Waals surface area contributed by atoms with E-state index in [9.17, 15) is 13.2 Å². The van der Waals surface area contributed by atoms with Crippen molar-refractivity contribution in [3.63, 3.8) is 0 Å². The lowest BCUT2D eigenvalue weighted by molar-refractivity contribution is 0.0775. The molecule has 1 amide bonds. The van der Waals surface area contributed by atoms with Gasteiger partial charge >= 0.3 is 0 Å². The zero-order valence-corrected chi connectivity index (χ0v) is 17.9. The lowest BCUT2D eigenvalue weighted by Gasteiger charge is -2.24. The summed E-state index contributed by atoms with van der Waals surface area (Å²) in [4.78, 5) is 14.3. The Kier molecular flexibility index (Phi) is 6.64. The number of para-hydroxylation sites is 1. The molecule has 156 valence electrons. The zero-order valence-electron chi connectivity index (χ0n) is 16.4. The minimum atomic E-state index is -3.98. The molecule has 0 spiro atoms. The van der Waals surface area contributed by atoms with E-state index >= 15 is 0 Å². The average molecular weight is 445 g/mol. The van der Waals surface area contributed by atoms with Gasteiger partial charge in [0, 0.05) is 12.6 Å². The number of sulfonamides is 1. The Labute approximate surface area is 181 Å². The van der Waals surface area contributed by atoms with Crippen LogP contribution in [0.25, 0.3) is 0 Å². The largest absolute Gasteiger partial charge is 0.467 e. The van der Waals surface area contributed by atoms with Crippen molar-refractivity contribution in [1.29, 1.82) is 0 Å². The van der Waals surface area contributed by atoms with Crippen molar-refractivity contribution in [1.82, 2.24) is 4.90 Å². The molecule has 30 heavy (non-hydrogen) atoms. The van der Waals surface area contributed by atoms with Crippen LogP contribution < -0.4 is 4.31 Å². The number of carbonyl (C=O) groups is 1. The highest BCUT2D eigenvalue weighted by molar-refractivity contribution is 7.92. The summed E-state index contributed by atoms with van der Waals surface area (Å²) in [5.74, 6) is 0.307. The first-order chi connectivity index (χ1) is 14.3. The molecule has 0 bridgehead atoms. The third kappa shape index (κ3) is 4.58. The summed E-state index contributed by atoms with van der Waals surface area (Å²) in [6.07, 6.45) is 3.01. The molecule has 0 saturated heterocycles. The number of hydrogen-bond donors (Lipinski definition) is 0. The smallest absolute Gasteiger partial charge is 0.264 e. The van der Waals surface area contributed by atoms with Crippen molar-refractivity contribution in [2.45, 2.75) is 11.4 Å². The van der Waals surface area contributed by atoms with Crippen molar-refractivity contribution >= 4 is 33.2 Å². The number of nitrogens with zero attached hydrogens (tertiary/aromatic N) is 2. The van der Waals surface area contributed by atoms with E-state index in [0.29, 0.717) is 16.5 Å². The third-order valence-electron chi connectivity index (χ3n) is 4.40. The third-order valence-corrected chi connectivity index (χ3v) is 6.50. The van der Waals surface area contributed by atoms with E-state index in [1.54, 1.807) is 55.6 Å². The van der Waals surface area contributed by atoms with Crippen LogP contribution in [0.3, 0.4) is 0 Å². The van der Waals surface area contributed by atoms with Crippen molar-refractivity contribution < 1.29 is 17.6 Å². The molecule has 0 atom stereocenters. The summed E-state index contributed by atoms with van der Waals surface area (Å²) >= 11 is 6.23. The molecule has 6 nitrogen and oxygen atoms in total. The number of anilines is 1. The molecular formula is C22H21ClN2O4S. The first-order valence-corrected chi connectivity index (χ1v) is 10.9. The van der Waals surface area contributed by atoms with E-state index in [-0.39, 0.29) is 29.5 Å². The Bertz CT molecular complexity index is 1140. The highest BCUT2D eigenvalue weighted by atomic mass is 35.5. The van der Waals surface area contributed by atoms with Crippen LogP contribution in [0, 0.1) is 0 Å². The van der Waals surface area contributed by atoms with Crippen molar-refractivity contribution in [3.8, 4) is 0 Å². The summed E-state index contributed by atoms with van der Waals surface area (Å²) in [7, 11) is -2.36. The van der Waals surface area contributed by atoms with Gasteiger partial charge in [-0.05, 0) is 42.5 Å². The Morgan fingerprint density at radius 1 is 1.13 bits per heavy atom. The molecule has 0 saturated carbocycles. The fourth-order valence-corrected chi connectivity index (χ4v) is 4.73. The second-order valence-corrected chi connectivity index (χ2v) is 8.81. The van der Waals surface area contributed by atoms with Gasteiger partial charge in [0.25, 0.3) is 15.9 Å². The molecule has 0 N–H and O–H groups in total. The summed E-state index contributed by atoms with van der Waals surface area (Å²) in [6, 6.07) is 16.1. The number of rotatable bonds is 8. The summed E-state index contributed by atoms with van der Waals surface area (Å²) in [5, 5.41) is 0.299. The lowest BCUT2D eigenvalue weighted by Crippen LogP contribution is -2.32. The van der Waals surface area contributed by atoms with Gasteiger partial charge in [0.15, 0.2) is 0 Å². The lowest BCUT2D eigenvalue weighted by atomic mass is 10.2. The molecule has 1 heterocycles. The second-order valence-electron chi connectivity index (χ2n) is 6.54. The number of halogens is 1. The first-order valence-electron chi connectivity index (χ1n) is 9.10. The molecule has 0 aliphatic heterocycles. The highest BCUT2D eigenvalue weighted by Crippen LogP contribution is 2.30. The number of amides is 1. The predicted octanol–water partition coefficient (Wildman–Crippen LogP) is 4.59. The van der Waals surface area contributed by atoms with Crippen LogP contribution in [0.2, 0.25) is 5.02 Å². The van der Waals surface area contributed by atoms with E-state index in [1.165, 1.54) is 33.7 Å². The maximum absolute atomic E-state index is 13.4. The maximum Gasteiger partial charge on any atom is 0.264 e. The SMILES string of the molecule is C=CCN(c1ccccc1Cl)S(=O)(=O)c1cccc(C(=O)N(C)Cc2ccco2)c1. The summed E-state index contributed by atoms with van der Waals surface area (Å²) < 4.78 is 33.1. The van der Waals surface area contributed by atoms with Crippen LogP contribution in [0.1, 0.15) is 16.1 Å². The Hall–Kier alpha value is -3.03. The van der Waals surface area contributed by atoms with Gasteiger partial charge < -0.3 is 9.32 Å². The Balaban J connectivity index is 1.93. The van der Waals surface area contributed by atoms with Gasteiger partial charge in [0.1, 0.15) is 5.76 Å². The molecule has 2 aromatic carbocycles. The Morgan fingerprint density at radius 2 is 1.90 bits per heavy atom. The van der Waals surface area contributed by atoms with Crippen LogP contribution in [0.4, 0.5) is 5.69 Å². The molecule has 0 unspecified atom stereocenters. The zero-order chi connectivity index (χ0) is 21.7. The van der Waals surface area contributed by atoms with Crippen molar-refractivity contribution in [2.75, 3.05) is 17.9 Å². The highest BCUT2D eigenvalue weighted by Gasteiger charge is 2.26. The van der Waals surface area contributed by atoms with Crippen LogP contribution in [-0.2, 0) is 16.6 Å². The molecule has 0 aliphatic carbocycles. The minimum Gasteiger partial charge on any atom is -0.467 e. The van der Waals surface area contributed by atoms with Gasteiger partial charge in [0.2, 0.25) is 0 Å². The van der Waals surface area contributed by atoms with E-state index in [1.807, 2.05) is 0 Å². The summed E-state index contributed by atoms with van der Waals surface area (Å²) in [5.41, 5.74) is 0.591. The molecule has 3 rings (SSSR count). The molecule has 8 heteroatoms. The number of hydrogen-bond acceptors (Lipinski definition) is 4. The fraction of sp³-hybridized carbons (Fsp3) is 0.136. The molecule has 3 aromatic rings. The van der Waals surface area contributed by atoms with E-state index in [4.69, 9.17) is 16.0 Å². The number of benzene rings is 2. The van der Waals surface area contributed by atoms with Gasteiger partial charge in [-0.25, -0.2) is 8.42 Å². The molecular weight excluding hydrogens is 424 g/mol. The number of furan rings is 1. The molecule has 0 radical (unpaired) electrons. The van der Waals surface area contributed by atoms with Gasteiger partial charge in [-0.15, -0.1) is 6.58 Å². The average Bonchev–Trinajstić information content (AvgIpc) is 3.25. The minimum absolute atomic E-state index is 0.0125. The quantitative estimate of drug-likeness (QED) is 0.476. The van der Waals surface area contributed by atoms with Crippen LogP contribution >= 0.6 is 11.6 Å². The van der Waals surface area contributed by atoms with E-state index in [0.717, 1.165) is 0 Å². The first kappa shape index (κ1) is 21.7. The van der Waals surface area contributed by atoms with Gasteiger partial charge in [-0.2, -0.15) is 0 Å². The molecule has 1 aromatic heterocycles. The van der Waals surface area contributed by atoms with Crippen LogP contribution in [0.15, 0.2) is 88.9 Å². The van der Waals surface area contributed by atoms with Crippen molar-refractivity contribution in [2.24, 2.45) is 0 Å². The normalized spacial score (nSPS) is 11.1. The van der Waals surface area contributed by atoms with Gasteiger partial charge in [-0.3, -0.25) is 9.10 Å². The van der Waals surface area contributed by atoms with E-state index in [2.05, 4.69) is 6.58 Å². The van der Waals surface area contributed by atoms with E-state index < -0.39 is 10.0 Å². The predicted molar refractivity (Wildman–Crippen MR) is 117 cm³/mol. The maximum atomic E-state index is 13.4.